The maximum absolute atomic E-state index is 13.1. The Bertz CT molecular complexity index is 1420. The molecule has 0 heterocycles. The Morgan fingerprint density at radius 3 is 1.79 bits per heavy atom. The van der Waals surface area contributed by atoms with Crippen LogP contribution in [0, 0.1) is 3.57 Å². The summed E-state index contributed by atoms with van der Waals surface area (Å²) in [6.45, 7) is 3.41. The van der Waals surface area contributed by atoms with E-state index in [2.05, 4.69) is 24.3 Å². The van der Waals surface area contributed by atoms with Crippen LogP contribution in [0.3, 0.4) is 0 Å². The van der Waals surface area contributed by atoms with Gasteiger partial charge < -0.3 is 10.1 Å². The van der Waals surface area contributed by atoms with Crippen LogP contribution in [0.5, 0.6) is 0 Å². The van der Waals surface area contributed by atoms with Crippen LogP contribution in [0.25, 0.3) is 0 Å². The van der Waals surface area contributed by atoms with Crippen LogP contribution in [0.15, 0.2) is 118 Å². The molecular formula is C30H24F3INO3S+. The molecule has 1 amide bonds. The lowest BCUT2D eigenvalue weighted by Gasteiger charge is -2.26. The number of ether oxygens (including phenoxy) is 1. The normalized spacial score (nSPS) is 11.8. The van der Waals surface area contributed by atoms with Crippen LogP contribution in [-0.4, -0.2) is 18.1 Å². The minimum atomic E-state index is -5.09. The van der Waals surface area contributed by atoms with Gasteiger partial charge in [0, 0.05) is 3.57 Å². The largest absolute Gasteiger partial charge is 0.471 e. The highest BCUT2D eigenvalue weighted by Crippen LogP contribution is 2.34. The van der Waals surface area contributed by atoms with Gasteiger partial charge in [0.15, 0.2) is 14.7 Å². The summed E-state index contributed by atoms with van der Waals surface area (Å²) in [6.07, 6.45) is -5.09. The topological polar surface area (TPSA) is 55.4 Å². The van der Waals surface area contributed by atoms with Crippen molar-refractivity contribution in [3.05, 3.63) is 118 Å². The lowest BCUT2D eigenvalue weighted by Crippen LogP contribution is -2.31. The van der Waals surface area contributed by atoms with Gasteiger partial charge in [0.25, 0.3) is 0 Å². The molecule has 4 aromatic carbocycles. The number of halogens is 4. The van der Waals surface area contributed by atoms with Crippen molar-refractivity contribution >= 4 is 51.0 Å². The quantitative estimate of drug-likeness (QED) is 0.124. The highest BCUT2D eigenvalue weighted by atomic mass is 127. The summed E-state index contributed by atoms with van der Waals surface area (Å²) in [7, 11) is -0.350. The fourth-order valence-electron chi connectivity index (χ4n) is 3.85. The Labute approximate surface area is 241 Å². The molecule has 4 rings (SSSR count). The molecule has 200 valence electrons. The van der Waals surface area contributed by atoms with Crippen molar-refractivity contribution in [2.45, 2.75) is 40.3 Å². The summed E-state index contributed by atoms with van der Waals surface area (Å²) in [5.41, 5.74) is -0.848. The first kappa shape index (κ1) is 28.7. The van der Waals surface area contributed by atoms with Gasteiger partial charge in [-0.15, -0.1) is 0 Å². The molecule has 0 unspecified atom stereocenters. The van der Waals surface area contributed by atoms with Crippen molar-refractivity contribution in [1.29, 1.82) is 0 Å². The van der Waals surface area contributed by atoms with E-state index in [1.807, 2.05) is 83.3 Å². The van der Waals surface area contributed by atoms with Crippen LogP contribution in [0.1, 0.15) is 29.8 Å². The van der Waals surface area contributed by atoms with Crippen molar-refractivity contribution in [2.24, 2.45) is 0 Å². The highest BCUT2D eigenvalue weighted by molar-refractivity contribution is 14.1. The summed E-state index contributed by atoms with van der Waals surface area (Å²) in [6, 6.07) is 32.2. The van der Waals surface area contributed by atoms with Crippen molar-refractivity contribution in [1.82, 2.24) is 0 Å². The lowest BCUT2D eigenvalue weighted by atomic mass is 9.98. The molecule has 0 aliphatic carbocycles. The smallest absolute Gasteiger partial charge is 0.451 e. The van der Waals surface area contributed by atoms with E-state index < -0.39 is 23.7 Å². The zero-order chi connectivity index (χ0) is 28.2. The number of anilines is 1. The third-order valence-corrected chi connectivity index (χ3v) is 8.70. The van der Waals surface area contributed by atoms with E-state index in [1.54, 1.807) is 19.2 Å². The molecular weight excluding hydrogens is 638 g/mol. The van der Waals surface area contributed by atoms with Gasteiger partial charge in [0.2, 0.25) is 0 Å². The van der Waals surface area contributed by atoms with Crippen molar-refractivity contribution in [3.8, 4) is 0 Å². The van der Waals surface area contributed by atoms with Crippen LogP contribution in [0.4, 0.5) is 18.9 Å². The van der Waals surface area contributed by atoms with Crippen LogP contribution in [0.2, 0.25) is 0 Å². The molecule has 39 heavy (non-hydrogen) atoms. The molecule has 0 radical (unpaired) electrons. The zero-order valence-corrected chi connectivity index (χ0v) is 23.9. The predicted octanol–water partition coefficient (Wildman–Crippen LogP) is 7.98. The molecule has 0 aliphatic rings. The van der Waals surface area contributed by atoms with Gasteiger partial charge in [-0.3, -0.25) is 4.79 Å². The summed E-state index contributed by atoms with van der Waals surface area (Å²) in [4.78, 5) is 28.0. The van der Waals surface area contributed by atoms with E-state index >= 15 is 0 Å². The highest BCUT2D eigenvalue weighted by Gasteiger charge is 2.39. The fraction of sp³-hybridized carbons (Fsp3) is 0.133. The lowest BCUT2D eigenvalue weighted by molar-refractivity contribution is -0.167. The fourth-order valence-corrected chi connectivity index (χ4v) is 6.42. The van der Waals surface area contributed by atoms with E-state index in [0.717, 1.165) is 14.7 Å². The van der Waals surface area contributed by atoms with Gasteiger partial charge in [-0.05, 0) is 96.6 Å². The van der Waals surface area contributed by atoms with Crippen LogP contribution < -0.4 is 5.32 Å². The van der Waals surface area contributed by atoms with Gasteiger partial charge in [-0.25, -0.2) is 4.79 Å². The average molecular weight is 662 g/mol. The standard InChI is InChI=1S/C30H23F3INO3S/c1-29(2,38-27(36)25-19-21(34)15-18-26(25)35-28(37)30(31,32)33)20-13-16-24(17-14-20)39(22-9-5-3-6-10-22)23-11-7-4-8-12-23/h3-19H,1-2H3/p+1. The Hall–Kier alpha value is -3.31. The minimum Gasteiger partial charge on any atom is -0.451 e. The molecule has 0 saturated heterocycles. The Morgan fingerprint density at radius 1 is 0.769 bits per heavy atom. The van der Waals surface area contributed by atoms with Crippen LogP contribution >= 0.6 is 22.6 Å². The first-order chi connectivity index (χ1) is 18.5. The molecule has 4 aromatic rings. The van der Waals surface area contributed by atoms with E-state index in [-0.39, 0.29) is 22.1 Å². The summed E-state index contributed by atoms with van der Waals surface area (Å²) in [5.74, 6) is -3.02. The molecule has 9 heteroatoms. The number of rotatable bonds is 7. The SMILES string of the molecule is CC(C)(OC(=O)c1cc(I)ccc1NC(=O)C(F)(F)F)c1ccc([S+](c2ccccc2)c2ccccc2)cc1. The number of amides is 1. The Morgan fingerprint density at radius 2 is 1.28 bits per heavy atom. The number of alkyl halides is 3. The molecule has 4 nitrogen and oxygen atoms in total. The summed E-state index contributed by atoms with van der Waals surface area (Å²) < 4.78 is 44.8. The van der Waals surface area contributed by atoms with E-state index in [1.165, 1.54) is 18.2 Å². The van der Waals surface area contributed by atoms with Gasteiger partial charge in [0.1, 0.15) is 5.60 Å². The number of benzene rings is 4. The van der Waals surface area contributed by atoms with Gasteiger partial charge in [0.05, 0.1) is 22.1 Å². The summed E-state index contributed by atoms with van der Waals surface area (Å²) >= 11 is 1.93. The molecule has 0 spiro atoms. The monoisotopic (exact) mass is 662 g/mol. The molecule has 0 aromatic heterocycles. The number of hydrogen-bond donors (Lipinski definition) is 1. The molecule has 0 aliphatic heterocycles. The molecule has 0 fully saturated rings. The number of nitrogens with one attached hydrogen (secondary N) is 1. The van der Waals surface area contributed by atoms with Crippen molar-refractivity contribution < 1.29 is 27.5 Å². The Kier molecular flexibility index (Phi) is 8.70. The maximum Gasteiger partial charge on any atom is 0.471 e. The van der Waals surface area contributed by atoms with Gasteiger partial charge in [-0.2, -0.15) is 13.2 Å². The zero-order valence-electron chi connectivity index (χ0n) is 21.0. The predicted molar refractivity (Wildman–Crippen MR) is 154 cm³/mol. The molecule has 0 bridgehead atoms. The maximum atomic E-state index is 13.1. The van der Waals surface area contributed by atoms with E-state index in [0.29, 0.717) is 9.13 Å². The number of carbonyl (C=O) groups is 2. The number of hydrogen-bond acceptors (Lipinski definition) is 3. The average Bonchev–Trinajstić information content (AvgIpc) is 2.90. The Balaban J connectivity index is 1.60. The van der Waals surface area contributed by atoms with Gasteiger partial charge >= 0.3 is 18.1 Å². The molecule has 0 saturated carbocycles. The second kappa shape index (κ2) is 11.8. The van der Waals surface area contributed by atoms with Gasteiger partial charge in [-0.1, -0.05) is 48.5 Å². The van der Waals surface area contributed by atoms with Crippen molar-refractivity contribution in [3.63, 3.8) is 0 Å². The second-order valence-electron chi connectivity index (χ2n) is 9.00. The van der Waals surface area contributed by atoms with E-state index in [4.69, 9.17) is 4.74 Å². The molecule has 0 atom stereocenters. The molecule has 1 N–H and O–H groups in total. The van der Waals surface area contributed by atoms with Crippen LogP contribution in [-0.2, 0) is 26.0 Å². The van der Waals surface area contributed by atoms with E-state index in [9.17, 15) is 22.8 Å². The summed E-state index contributed by atoms with van der Waals surface area (Å²) in [5, 5.41) is 1.77. The minimum absolute atomic E-state index is 0.168. The second-order valence-corrected chi connectivity index (χ2v) is 12.3. The third kappa shape index (κ3) is 7.02. The number of esters is 1. The first-order valence-electron chi connectivity index (χ1n) is 11.8. The number of carbonyl (C=O) groups excluding carboxylic acids is 2. The van der Waals surface area contributed by atoms with Crippen molar-refractivity contribution in [2.75, 3.05) is 5.32 Å². The third-order valence-electron chi connectivity index (χ3n) is 5.80. The first-order valence-corrected chi connectivity index (χ1v) is 14.1.